The van der Waals surface area contributed by atoms with Crippen LogP contribution in [0, 0.1) is 0 Å². The minimum atomic E-state index is -1.69. The van der Waals surface area contributed by atoms with Crippen molar-refractivity contribution in [1.82, 2.24) is 0 Å². The molecule has 106 valence electrons. The molecule has 0 aliphatic rings. The summed E-state index contributed by atoms with van der Waals surface area (Å²) in [5, 5.41) is 28.4. The summed E-state index contributed by atoms with van der Waals surface area (Å²) in [6.07, 6.45) is -1.69. The van der Waals surface area contributed by atoms with E-state index in [-0.39, 0.29) is 32.9 Å². The molecule has 0 unspecified atom stereocenters. The molecule has 0 amide bonds. The molecule has 0 spiro atoms. The highest BCUT2D eigenvalue weighted by Crippen LogP contribution is 2.41. The largest absolute Gasteiger partial charge is 0.504 e. The quantitative estimate of drug-likeness (QED) is 0.738. The Morgan fingerprint density at radius 2 is 1.55 bits per heavy atom. The van der Waals surface area contributed by atoms with Crippen LogP contribution >= 0.6 is 34.8 Å². The summed E-state index contributed by atoms with van der Waals surface area (Å²) in [4.78, 5) is 0. The zero-order valence-corrected chi connectivity index (χ0v) is 12.1. The van der Waals surface area contributed by atoms with Crippen molar-refractivity contribution in [3.63, 3.8) is 0 Å². The van der Waals surface area contributed by atoms with E-state index in [4.69, 9.17) is 49.8 Å². The molecule has 0 saturated carbocycles. The first-order valence-corrected chi connectivity index (χ1v) is 6.53. The third-order valence-corrected chi connectivity index (χ3v) is 3.25. The Morgan fingerprint density at radius 3 is 2.05 bits per heavy atom. The van der Waals surface area contributed by atoms with Gasteiger partial charge in [0.25, 0.3) is 0 Å². The molecule has 3 N–H and O–H groups in total. The monoisotopic (exact) mass is 334 g/mol. The summed E-state index contributed by atoms with van der Waals surface area (Å²) < 4.78 is 5.42. The van der Waals surface area contributed by atoms with Crippen LogP contribution in [0.2, 0.25) is 15.1 Å². The van der Waals surface area contributed by atoms with Gasteiger partial charge in [-0.1, -0.05) is 34.8 Å². The van der Waals surface area contributed by atoms with Gasteiger partial charge in [0.05, 0.1) is 10.0 Å². The topological polar surface area (TPSA) is 69.9 Å². The number of hydrogen-bond donors (Lipinski definition) is 3. The number of ether oxygens (including phenoxy) is 1. The average molecular weight is 336 g/mol. The number of rotatable bonds is 3. The van der Waals surface area contributed by atoms with Gasteiger partial charge in [0.15, 0.2) is 23.5 Å². The number of hydrogen-bond acceptors (Lipinski definition) is 4. The molecular formula is C13H9Cl3O4. The van der Waals surface area contributed by atoms with Gasteiger partial charge in [-0.2, -0.15) is 0 Å². The molecule has 0 aliphatic carbocycles. The van der Waals surface area contributed by atoms with Crippen LogP contribution in [-0.4, -0.2) is 15.3 Å². The minimum Gasteiger partial charge on any atom is -0.504 e. The van der Waals surface area contributed by atoms with Crippen LogP contribution in [0.1, 0.15) is 11.9 Å². The second-order valence-corrected chi connectivity index (χ2v) is 5.15. The van der Waals surface area contributed by atoms with Gasteiger partial charge < -0.3 is 20.1 Å². The molecule has 7 heteroatoms. The lowest BCUT2D eigenvalue weighted by Gasteiger charge is -2.13. The Kier molecular flexibility index (Phi) is 4.62. The number of aliphatic hydroxyl groups is 2. The van der Waals surface area contributed by atoms with E-state index in [1.807, 2.05) is 0 Å². The molecule has 2 aromatic carbocycles. The molecule has 0 bridgehead atoms. The molecule has 20 heavy (non-hydrogen) atoms. The third kappa shape index (κ3) is 3.29. The van der Waals surface area contributed by atoms with Crippen molar-refractivity contribution >= 4 is 34.8 Å². The number of phenols is 1. The first-order chi connectivity index (χ1) is 9.38. The molecular weight excluding hydrogens is 326 g/mol. The van der Waals surface area contributed by atoms with Crippen molar-refractivity contribution in [2.45, 2.75) is 6.29 Å². The van der Waals surface area contributed by atoms with E-state index in [2.05, 4.69) is 0 Å². The summed E-state index contributed by atoms with van der Waals surface area (Å²) >= 11 is 17.7. The maximum Gasteiger partial charge on any atom is 0.178 e. The van der Waals surface area contributed by atoms with Gasteiger partial charge in [-0.15, -0.1) is 0 Å². The van der Waals surface area contributed by atoms with Crippen molar-refractivity contribution < 1.29 is 20.1 Å². The number of phenolic OH excluding ortho intramolecular Hbond substituents is 1. The molecule has 0 heterocycles. The van der Waals surface area contributed by atoms with Crippen molar-refractivity contribution in [3.8, 4) is 17.2 Å². The van der Waals surface area contributed by atoms with Gasteiger partial charge >= 0.3 is 0 Å². The Hall–Kier alpha value is -1.17. The molecule has 0 saturated heterocycles. The van der Waals surface area contributed by atoms with Crippen molar-refractivity contribution in [2.75, 3.05) is 0 Å². The first-order valence-electron chi connectivity index (χ1n) is 5.40. The van der Waals surface area contributed by atoms with Gasteiger partial charge in [0, 0.05) is 16.7 Å². The molecule has 2 aromatic rings. The summed E-state index contributed by atoms with van der Waals surface area (Å²) in [7, 11) is 0. The van der Waals surface area contributed by atoms with E-state index in [0.717, 1.165) is 0 Å². The van der Waals surface area contributed by atoms with E-state index in [1.165, 1.54) is 30.3 Å². The highest BCUT2D eigenvalue weighted by molar-refractivity contribution is 6.37. The fraction of sp³-hybridized carbons (Fsp3) is 0.0769. The lowest BCUT2D eigenvalue weighted by atomic mass is 10.2. The summed E-state index contributed by atoms with van der Waals surface area (Å²) in [6, 6.07) is 6.91. The van der Waals surface area contributed by atoms with E-state index >= 15 is 0 Å². The maximum absolute atomic E-state index is 9.70. The first kappa shape index (κ1) is 15.2. The number of halogens is 3. The van der Waals surface area contributed by atoms with Crippen LogP contribution < -0.4 is 4.74 Å². The normalized spacial score (nSPS) is 10.9. The van der Waals surface area contributed by atoms with E-state index in [0.29, 0.717) is 5.02 Å². The predicted octanol–water partition coefficient (Wildman–Crippen LogP) is 4.13. The second kappa shape index (κ2) is 6.08. The highest BCUT2D eigenvalue weighted by Gasteiger charge is 2.15. The highest BCUT2D eigenvalue weighted by atomic mass is 35.5. The molecule has 0 atom stereocenters. The van der Waals surface area contributed by atoms with Crippen LogP contribution in [0.15, 0.2) is 30.3 Å². The Balaban J connectivity index is 2.39. The average Bonchev–Trinajstić information content (AvgIpc) is 2.35. The lowest BCUT2D eigenvalue weighted by Crippen LogP contribution is -1.96. The Bertz CT molecular complexity index is 621. The number of aliphatic hydroxyl groups excluding tert-OH is 1. The molecule has 0 aromatic heterocycles. The molecule has 2 rings (SSSR count). The summed E-state index contributed by atoms with van der Waals surface area (Å²) in [5.41, 5.74) is 0.132. The predicted molar refractivity (Wildman–Crippen MR) is 76.8 cm³/mol. The maximum atomic E-state index is 9.70. The summed E-state index contributed by atoms with van der Waals surface area (Å²) in [6.45, 7) is 0. The van der Waals surface area contributed by atoms with E-state index < -0.39 is 6.29 Å². The molecule has 0 fully saturated rings. The van der Waals surface area contributed by atoms with Gasteiger partial charge in [-0.05, 0) is 24.3 Å². The SMILES string of the molecule is Oc1cc(Cl)ccc1Oc1c(Cl)cc(C(O)O)cc1Cl. The van der Waals surface area contributed by atoms with Crippen LogP contribution in [0.5, 0.6) is 17.2 Å². The van der Waals surface area contributed by atoms with Crippen molar-refractivity contribution in [3.05, 3.63) is 51.0 Å². The molecule has 0 radical (unpaired) electrons. The van der Waals surface area contributed by atoms with Crippen LogP contribution in [-0.2, 0) is 0 Å². The van der Waals surface area contributed by atoms with Gasteiger partial charge in [0.1, 0.15) is 0 Å². The fourth-order valence-electron chi connectivity index (χ4n) is 1.51. The number of aromatic hydroxyl groups is 1. The standard InChI is InChI=1S/C13H9Cl3O4/c14-7-1-2-11(10(17)5-7)20-12-8(15)3-6(13(18)19)4-9(12)16/h1-5,13,17-19H. The van der Waals surface area contributed by atoms with E-state index in [9.17, 15) is 5.11 Å². The fourth-order valence-corrected chi connectivity index (χ4v) is 2.26. The van der Waals surface area contributed by atoms with Crippen molar-refractivity contribution in [1.29, 1.82) is 0 Å². The number of benzene rings is 2. The third-order valence-electron chi connectivity index (χ3n) is 2.45. The van der Waals surface area contributed by atoms with Crippen LogP contribution in [0.4, 0.5) is 0 Å². The summed E-state index contributed by atoms with van der Waals surface area (Å²) in [5.74, 6) is 0.0433. The van der Waals surface area contributed by atoms with Crippen LogP contribution in [0.3, 0.4) is 0 Å². The second-order valence-electron chi connectivity index (χ2n) is 3.90. The van der Waals surface area contributed by atoms with Gasteiger partial charge in [-0.25, -0.2) is 0 Å². The van der Waals surface area contributed by atoms with Crippen molar-refractivity contribution in [2.24, 2.45) is 0 Å². The van der Waals surface area contributed by atoms with Gasteiger partial charge in [0.2, 0.25) is 0 Å². The molecule has 4 nitrogen and oxygen atoms in total. The lowest BCUT2D eigenvalue weighted by molar-refractivity contribution is -0.0424. The zero-order chi connectivity index (χ0) is 14.9. The van der Waals surface area contributed by atoms with E-state index in [1.54, 1.807) is 0 Å². The molecule has 0 aliphatic heterocycles. The zero-order valence-electron chi connectivity index (χ0n) is 9.85. The Morgan fingerprint density at radius 1 is 0.950 bits per heavy atom. The minimum absolute atomic E-state index is 0.0787. The van der Waals surface area contributed by atoms with Crippen LogP contribution in [0.25, 0.3) is 0 Å². The smallest absolute Gasteiger partial charge is 0.178 e. The Labute approximate surface area is 129 Å². The van der Waals surface area contributed by atoms with Gasteiger partial charge in [-0.3, -0.25) is 0 Å².